The largest absolute Gasteiger partial charge is 0.509 e. The minimum Gasteiger partial charge on any atom is -0.430 e. The maximum absolute atomic E-state index is 11.3. The van der Waals surface area contributed by atoms with Crippen molar-refractivity contribution in [2.24, 2.45) is 0 Å². The van der Waals surface area contributed by atoms with Gasteiger partial charge in [-0.15, -0.1) is 0 Å². The molecule has 11 heteroatoms. The SMILES string of the molecule is CC1(C2OC(=O)OC2C2COC(=O)O2)COS(=O)(=O)O1. The Kier molecular flexibility index (Phi) is 2.81. The molecule has 10 nitrogen and oxygen atoms in total. The molecular weight excluding hydrogens is 300 g/mol. The van der Waals surface area contributed by atoms with E-state index < -0.39 is 46.6 Å². The molecule has 0 saturated carbocycles. The van der Waals surface area contributed by atoms with Gasteiger partial charge >= 0.3 is 22.7 Å². The van der Waals surface area contributed by atoms with Gasteiger partial charge in [0, 0.05) is 0 Å². The highest BCUT2D eigenvalue weighted by Crippen LogP contribution is 2.37. The number of ether oxygens (including phenoxy) is 4. The first-order valence-corrected chi connectivity index (χ1v) is 6.93. The third-order valence-corrected chi connectivity index (χ3v) is 4.11. The molecule has 3 aliphatic heterocycles. The Hall–Kier alpha value is -1.59. The van der Waals surface area contributed by atoms with Gasteiger partial charge in [-0.2, -0.15) is 8.42 Å². The predicted octanol–water partition coefficient (Wildman–Crippen LogP) is -0.524. The van der Waals surface area contributed by atoms with Crippen LogP contribution in [0.4, 0.5) is 9.59 Å². The summed E-state index contributed by atoms with van der Waals surface area (Å²) in [7, 11) is -4.15. The van der Waals surface area contributed by atoms with Gasteiger partial charge in [-0.1, -0.05) is 0 Å². The number of carbonyl (C=O) groups is 2. The molecule has 3 fully saturated rings. The molecule has 0 aromatic carbocycles. The van der Waals surface area contributed by atoms with Crippen molar-refractivity contribution in [2.45, 2.75) is 30.8 Å². The molecule has 0 bridgehead atoms. The van der Waals surface area contributed by atoms with Crippen molar-refractivity contribution in [3.05, 3.63) is 0 Å². The van der Waals surface area contributed by atoms with E-state index in [0.29, 0.717) is 0 Å². The Morgan fingerprint density at radius 3 is 2.45 bits per heavy atom. The van der Waals surface area contributed by atoms with Crippen molar-refractivity contribution in [3.63, 3.8) is 0 Å². The quantitative estimate of drug-likeness (QED) is 0.615. The first kappa shape index (κ1) is 13.4. The van der Waals surface area contributed by atoms with Gasteiger partial charge in [-0.05, 0) is 6.92 Å². The number of carbonyl (C=O) groups excluding carboxylic acids is 2. The van der Waals surface area contributed by atoms with Crippen LogP contribution in [0, 0.1) is 0 Å². The minimum absolute atomic E-state index is 0.139. The summed E-state index contributed by atoms with van der Waals surface area (Å²) in [6.45, 7) is 0.893. The second-order valence-corrected chi connectivity index (χ2v) is 5.87. The lowest BCUT2D eigenvalue weighted by molar-refractivity contribution is -0.0579. The number of cyclic esters (lactones) is 4. The number of hydrogen-bond donors (Lipinski definition) is 0. The lowest BCUT2D eigenvalue weighted by Gasteiger charge is -2.28. The van der Waals surface area contributed by atoms with Crippen LogP contribution < -0.4 is 0 Å². The van der Waals surface area contributed by atoms with E-state index in [1.165, 1.54) is 6.92 Å². The van der Waals surface area contributed by atoms with Crippen LogP contribution in [0.3, 0.4) is 0 Å². The molecule has 3 rings (SSSR count). The summed E-state index contributed by atoms with van der Waals surface area (Å²) in [5.74, 6) is 0. The summed E-state index contributed by atoms with van der Waals surface area (Å²) in [4.78, 5) is 22.2. The first-order chi connectivity index (χ1) is 9.29. The maximum Gasteiger partial charge on any atom is 0.509 e. The summed E-state index contributed by atoms with van der Waals surface area (Å²) in [5, 5.41) is 0. The second kappa shape index (κ2) is 4.20. The smallest absolute Gasteiger partial charge is 0.430 e. The van der Waals surface area contributed by atoms with Crippen molar-refractivity contribution in [1.82, 2.24) is 0 Å². The van der Waals surface area contributed by atoms with Gasteiger partial charge in [-0.25, -0.2) is 18.0 Å². The molecule has 0 aliphatic carbocycles. The molecule has 4 atom stereocenters. The summed E-state index contributed by atoms with van der Waals surface area (Å²) >= 11 is 0. The fourth-order valence-electron chi connectivity index (χ4n) is 2.22. The fourth-order valence-corrected chi connectivity index (χ4v) is 3.25. The molecule has 0 N–H and O–H groups in total. The van der Waals surface area contributed by atoms with Gasteiger partial charge in [0.25, 0.3) is 0 Å². The van der Waals surface area contributed by atoms with Crippen molar-refractivity contribution >= 4 is 22.7 Å². The summed E-state index contributed by atoms with van der Waals surface area (Å²) in [6, 6.07) is 0. The monoisotopic (exact) mass is 310 g/mol. The van der Waals surface area contributed by atoms with Gasteiger partial charge in [-0.3, -0.25) is 0 Å². The van der Waals surface area contributed by atoms with E-state index in [4.69, 9.17) is 18.4 Å². The molecule has 0 aromatic heterocycles. The second-order valence-electron chi connectivity index (χ2n) is 4.65. The average Bonchev–Trinajstić information content (AvgIpc) is 2.98. The van der Waals surface area contributed by atoms with Crippen molar-refractivity contribution in [3.8, 4) is 0 Å². The van der Waals surface area contributed by atoms with Gasteiger partial charge < -0.3 is 18.9 Å². The Bertz CT molecular complexity index is 555. The third kappa shape index (κ3) is 2.17. The Morgan fingerprint density at radius 2 is 1.90 bits per heavy atom. The zero-order valence-corrected chi connectivity index (χ0v) is 11.0. The van der Waals surface area contributed by atoms with Crippen molar-refractivity contribution < 1.29 is 45.3 Å². The topological polar surface area (TPSA) is 124 Å². The van der Waals surface area contributed by atoms with Crippen LogP contribution in [-0.2, 0) is 37.7 Å². The molecule has 3 heterocycles. The molecule has 0 aromatic rings. The third-order valence-electron chi connectivity index (χ3n) is 3.12. The van der Waals surface area contributed by atoms with Crippen molar-refractivity contribution in [2.75, 3.05) is 13.2 Å². The van der Waals surface area contributed by atoms with Crippen molar-refractivity contribution in [1.29, 1.82) is 0 Å². The first-order valence-electron chi connectivity index (χ1n) is 5.60. The molecule has 0 amide bonds. The molecule has 0 spiro atoms. The Morgan fingerprint density at radius 1 is 1.15 bits per heavy atom. The zero-order chi connectivity index (χ0) is 14.5. The van der Waals surface area contributed by atoms with Crippen LogP contribution in [0.25, 0.3) is 0 Å². The van der Waals surface area contributed by atoms with Crippen LogP contribution in [0.1, 0.15) is 6.92 Å². The summed E-state index contributed by atoms with van der Waals surface area (Å²) in [6.07, 6.45) is -4.99. The fraction of sp³-hybridized carbons (Fsp3) is 0.778. The van der Waals surface area contributed by atoms with E-state index in [0.717, 1.165) is 0 Å². The van der Waals surface area contributed by atoms with Crippen LogP contribution >= 0.6 is 0 Å². The van der Waals surface area contributed by atoms with E-state index in [2.05, 4.69) is 8.92 Å². The van der Waals surface area contributed by atoms with E-state index in [1.54, 1.807) is 0 Å². The lowest BCUT2D eigenvalue weighted by Crippen LogP contribution is -2.51. The van der Waals surface area contributed by atoms with Gasteiger partial charge in [0.15, 0.2) is 23.9 Å². The Labute approximate surface area is 113 Å². The van der Waals surface area contributed by atoms with Crippen LogP contribution in [0.15, 0.2) is 0 Å². The van der Waals surface area contributed by atoms with E-state index in [1.807, 2.05) is 0 Å². The summed E-state index contributed by atoms with van der Waals surface area (Å²) in [5.41, 5.74) is -1.47. The standard InChI is InChI=1S/C9H10O10S/c1-9(3-15-20(12,13)19-9)6-5(17-8(11)18-6)4-2-14-7(10)16-4/h4-6H,2-3H2,1H3. The number of hydrogen-bond acceptors (Lipinski definition) is 10. The minimum atomic E-state index is -4.15. The Balaban J connectivity index is 1.83. The highest BCUT2D eigenvalue weighted by Gasteiger charge is 2.59. The van der Waals surface area contributed by atoms with Gasteiger partial charge in [0.1, 0.15) is 13.2 Å². The molecule has 3 saturated heterocycles. The normalized spacial score (nSPS) is 42.8. The predicted molar refractivity (Wildman–Crippen MR) is 55.7 cm³/mol. The molecule has 3 aliphatic rings. The summed E-state index contributed by atoms with van der Waals surface area (Å²) < 4.78 is 51.0. The molecule has 4 unspecified atom stereocenters. The number of rotatable bonds is 2. The van der Waals surface area contributed by atoms with E-state index >= 15 is 0 Å². The highest BCUT2D eigenvalue weighted by atomic mass is 32.3. The van der Waals surface area contributed by atoms with Crippen LogP contribution in [0.5, 0.6) is 0 Å². The maximum atomic E-state index is 11.3. The van der Waals surface area contributed by atoms with Crippen LogP contribution in [0.2, 0.25) is 0 Å². The lowest BCUT2D eigenvalue weighted by atomic mass is 9.93. The molecule has 0 radical (unpaired) electrons. The highest BCUT2D eigenvalue weighted by molar-refractivity contribution is 7.82. The molecular formula is C9H10O10S. The van der Waals surface area contributed by atoms with Gasteiger partial charge in [0.2, 0.25) is 0 Å². The molecule has 20 heavy (non-hydrogen) atoms. The average molecular weight is 310 g/mol. The van der Waals surface area contributed by atoms with E-state index in [9.17, 15) is 18.0 Å². The zero-order valence-electron chi connectivity index (χ0n) is 10.1. The van der Waals surface area contributed by atoms with Crippen LogP contribution in [-0.4, -0.2) is 57.9 Å². The molecule has 112 valence electrons. The van der Waals surface area contributed by atoms with E-state index in [-0.39, 0.29) is 13.2 Å². The van der Waals surface area contributed by atoms with Gasteiger partial charge in [0.05, 0.1) is 0 Å².